The highest BCUT2D eigenvalue weighted by Crippen LogP contribution is 2.31. The Hall–Kier alpha value is -2.18. The van der Waals surface area contributed by atoms with Crippen molar-refractivity contribution in [2.45, 2.75) is 19.4 Å². The average Bonchev–Trinajstić information content (AvgIpc) is 3.36. The number of carbonyl (C=O) groups is 1. The van der Waals surface area contributed by atoms with E-state index in [2.05, 4.69) is 20.8 Å². The van der Waals surface area contributed by atoms with Crippen LogP contribution in [0.5, 0.6) is 5.75 Å². The van der Waals surface area contributed by atoms with E-state index in [1.807, 2.05) is 4.90 Å². The molecule has 0 aromatic heterocycles. The predicted octanol–water partition coefficient (Wildman–Crippen LogP) is 0.716. The lowest BCUT2D eigenvalue weighted by molar-refractivity contribution is -0.130. The molecule has 33 heavy (non-hydrogen) atoms. The Morgan fingerprint density at radius 1 is 1.03 bits per heavy atom. The zero-order chi connectivity index (χ0) is 23.2. The minimum absolute atomic E-state index is 0.193. The number of amides is 1. The molecular weight excluding hydrogens is 418 g/mol. The van der Waals surface area contributed by atoms with E-state index < -0.39 is 6.10 Å². The third-order valence-corrected chi connectivity index (χ3v) is 7.30. The van der Waals surface area contributed by atoms with Gasteiger partial charge in [-0.05, 0) is 55.6 Å². The summed E-state index contributed by atoms with van der Waals surface area (Å²) >= 11 is 0. The van der Waals surface area contributed by atoms with Gasteiger partial charge in [0.15, 0.2) is 0 Å². The van der Waals surface area contributed by atoms with E-state index in [-0.39, 0.29) is 12.5 Å². The van der Waals surface area contributed by atoms with Gasteiger partial charge in [-0.1, -0.05) is 0 Å². The van der Waals surface area contributed by atoms with Gasteiger partial charge in [-0.3, -0.25) is 14.6 Å². The van der Waals surface area contributed by atoms with Crippen LogP contribution in [-0.4, -0.2) is 115 Å². The number of benzene rings is 1. The highest BCUT2D eigenvalue weighted by Gasteiger charge is 2.40. The number of rotatable bonds is 9. The van der Waals surface area contributed by atoms with Gasteiger partial charge in [-0.25, -0.2) is 0 Å². The fraction of sp³-hybridized carbons (Fsp3) is 0.680. The zero-order valence-electron chi connectivity index (χ0n) is 19.7. The summed E-state index contributed by atoms with van der Waals surface area (Å²) in [7, 11) is 0. The third kappa shape index (κ3) is 6.67. The summed E-state index contributed by atoms with van der Waals surface area (Å²) in [6.07, 6.45) is 0.674. The Labute approximate surface area is 197 Å². The van der Waals surface area contributed by atoms with E-state index in [1.54, 1.807) is 31.2 Å². The fourth-order valence-electron chi connectivity index (χ4n) is 5.49. The molecular formula is C25H37N5O3. The van der Waals surface area contributed by atoms with E-state index in [0.29, 0.717) is 29.7 Å². The van der Waals surface area contributed by atoms with Crippen molar-refractivity contribution in [2.24, 2.45) is 11.8 Å². The zero-order valence-corrected chi connectivity index (χ0v) is 19.7. The Bertz CT molecular complexity index is 804. The van der Waals surface area contributed by atoms with Gasteiger partial charge < -0.3 is 19.6 Å². The Morgan fingerprint density at radius 3 is 2.24 bits per heavy atom. The molecule has 180 valence electrons. The maximum Gasteiger partial charge on any atom is 0.219 e. The lowest BCUT2D eigenvalue weighted by atomic mass is 10.0. The molecule has 1 N–H and O–H groups in total. The van der Waals surface area contributed by atoms with Gasteiger partial charge in [0, 0.05) is 65.8 Å². The molecule has 2 unspecified atom stereocenters. The van der Waals surface area contributed by atoms with Crippen molar-refractivity contribution in [3.63, 3.8) is 0 Å². The summed E-state index contributed by atoms with van der Waals surface area (Å²) in [5.41, 5.74) is 0.605. The van der Waals surface area contributed by atoms with Gasteiger partial charge in [0.05, 0.1) is 11.6 Å². The van der Waals surface area contributed by atoms with Crippen molar-refractivity contribution in [1.29, 1.82) is 5.26 Å². The van der Waals surface area contributed by atoms with Gasteiger partial charge in [-0.2, -0.15) is 5.26 Å². The topological polar surface area (TPSA) is 83.3 Å². The first-order valence-corrected chi connectivity index (χ1v) is 12.2. The summed E-state index contributed by atoms with van der Waals surface area (Å²) in [6.45, 7) is 13.0. The molecule has 0 bridgehead atoms. The van der Waals surface area contributed by atoms with Crippen molar-refractivity contribution in [3.05, 3.63) is 29.8 Å². The number of β-amino-alcohol motifs (C(OH)–C–C–N with tert-alkyl or cyclic N) is 1. The molecule has 1 aromatic carbocycles. The van der Waals surface area contributed by atoms with Crippen LogP contribution in [0.2, 0.25) is 0 Å². The number of hydrogen-bond donors (Lipinski definition) is 1. The molecule has 3 aliphatic heterocycles. The molecule has 0 saturated carbocycles. The Balaban J connectivity index is 1.09. The monoisotopic (exact) mass is 455 g/mol. The number of aliphatic hydroxyl groups excluding tert-OH is 1. The fourth-order valence-corrected chi connectivity index (χ4v) is 5.49. The molecule has 1 amide bonds. The standard InChI is InChI=1S/C25H37N5O3/c1-20(31)30-11-9-27(10-12-30)7-2-8-28-14-22-16-29(17-23(22)15-28)18-24(32)19-33-25-5-3-21(13-26)4-6-25/h3-6,22-24,32H,2,7-12,14-19H2,1H3/t22?,23?,24-/m1/s1. The number of likely N-dealkylation sites (tertiary alicyclic amines) is 2. The summed E-state index contributed by atoms with van der Waals surface area (Å²) in [4.78, 5) is 20.9. The molecule has 3 saturated heterocycles. The number of carbonyl (C=O) groups excluding carboxylic acids is 1. The maximum atomic E-state index is 11.5. The van der Waals surface area contributed by atoms with E-state index in [0.717, 1.165) is 65.4 Å². The van der Waals surface area contributed by atoms with Crippen molar-refractivity contribution in [1.82, 2.24) is 19.6 Å². The van der Waals surface area contributed by atoms with Crippen LogP contribution < -0.4 is 4.74 Å². The first kappa shape index (κ1) is 24.0. The molecule has 3 aliphatic rings. The minimum atomic E-state index is -0.515. The van der Waals surface area contributed by atoms with Crippen LogP contribution in [0.15, 0.2) is 24.3 Å². The minimum Gasteiger partial charge on any atom is -0.491 e. The summed E-state index contributed by atoms with van der Waals surface area (Å²) in [6, 6.07) is 9.08. The normalized spacial score (nSPS) is 25.1. The third-order valence-electron chi connectivity index (χ3n) is 7.30. The van der Waals surface area contributed by atoms with E-state index in [9.17, 15) is 9.90 Å². The number of fused-ring (bicyclic) bond motifs is 1. The largest absolute Gasteiger partial charge is 0.491 e. The van der Waals surface area contributed by atoms with Gasteiger partial charge >= 0.3 is 0 Å². The first-order chi connectivity index (χ1) is 16.0. The SMILES string of the molecule is CC(=O)N1CCN(CCCN2CC3CN(C[C@@H](O)COc4ccc(C#N)cc4)CC3C2)CC1. The van der Waals surface area contributed by atoms with Crippen molar-refractivity contribution < 1.29 is 14.6 Å². The van der Waals surface area contributed by atoms with Gasteiger partial charge in [-0.15, -0.1) is 0 Å². The lowest BCUT2D eigenvalue weighted by Crippen LogP contribution is -2.48. The van der Waals surface area contributed by atoms with Crippen molar-refractivity contribution in [3.8, 4) is 11.8 Å². The molecule has 3 fully saturated rings. The Kier molecular flexibility index (Phi) is 8.20. The second-order valence-electron chi connectivity index (χ2n) is 9.80. The van der Waals surface area contributed by atoms with Crippen LogP contribution in [0.3, 0.4) is 0 Å². The maximum absolute atomic E-state index is 11.5. The number of piperazine rings is 1. The van der Waals surface area contributed by atoms with Gasteiger partial charge in [0.25, 0.3) is 0 Å². The summed E-state index contributed by atoms with van der Waals surface area (Å²) in [5, 5.41) is 19.3. The van der Waals surface area contributed by atoms with Crippen LogP contribution in [0.4, 0.5) is 0 Å². The Morgan fingerprint density at radius 2 is 1.64 bits per heavy atom. The van der Waals surface area contributed by atoms with E-state index >= 15 is 0 Å². The number of ether oxygens (including phenoxy) is 1. The molecule has 8 heteroatoms. The predicted molar refractivity (Wildman–Crippen MR) is 126 cm³/mol. The van der Waals surface area contributed by atoms with Gasteiger partial charge in [0.1, 0.15) is 18.5 Å². The molecule has 0 radical (unpaired) electrons. The second kappa shape index (κ2) is 11.3. The lowest BCUT2D eigenvalue weighted by Gasteiger charge is -2.34. The molecule has 0 spiro atoms. The van der Waals surface area contributed by atoms with Crippen molar-refractivity contribution in [2.75, 3.05) is 78.6 Å². The van der Waals surface area contributed by atoms with E-state index in [4.69, 9.17) is 10.00 Å². The summed E-state index contributed by atoms with van der Waals surface area (Å²) in [5.74, 6) is 2.29. The van der Waals surface area contributed by atoms with Crippen molar-refractivity contribution >= 4 is 5.91 Å². The van der Waals surface area contributed by atoms with Crippen LogP contribution in [0.25, 0.3) is 0 Å². The van der Waals surface area contributed by atoms with E-state index in [1.165, 1.54) is 6.42 Å². The highest BCUT2D eigenvalue weighted by atomic mass is 16.5. The number of hydrogen-bond acceptors (Lipinski definition) is 7. The molecule has 1 aromatic rings. The summed E-state index contributed by atoms with van der Waals surface area (Å²) < 4.78 is 5.68. The quantitative estimate of drug-likeness (QED) is 0.587. The molecule has 0 aliphatic carbocycles. The van der Waals surface area contributed by atoms with Crippen LogP contribution in [-0.2, 0) is 4.79 Å². The van der Waals surface area contributed by atoms with Crippen LogP contribution in [0.1, 0.15) is 18.9 Å². The molecule has 3 atom stereocenters. The molecule has 8 nitrogen and oxygen atoms in total. The van der Waals surface area contributed by atoms with Crippen LogP contribution in [0, 0.1) is 23.2 Å². The first-order valence-electron chi connectivity index (χ1n) is 12.2. The number of nitrogens with zero attached hydrogens (tertiary/aromatic N) is 5. The highest BCUT2D eigenvalue weighted by molar-refractivity contribution is 5.73. The average molecular weight is 456 g/mol. The number of nitriles is 1. The molecule has 3 heterocycles. The smallest absolute Gasteiger partial charge is 0.219 e. The molecule has 4 rings (SSSR count). The second-order valence-corrected chi connectivity index (χ2v) is 9.80. The van der Waals surface area contributed by atoms with Crippen LogP contribution >= 0.6 is 0 Å². The van der Waals surface area contributed by atoms with Gasteiger partial charge in [0.2, 0.25) is 5.91 Å². The number of aliphatic hydroxyl groups is 1.